The highest BCUT2D eigenvalue weighted by atomic mass is 32.2. The lowest BCUT2D eigenvalue weighted by atomic mass is 10.2. The number of hydrogen-bond acceptors (Lipinski definition) is 4. The number of hydrogen-bond donors (Lipinski definition) is 3. The van der Waals surface area contributed by atoms with Gasteiger partial charge >= 0.3 is 0 Å². The number of oxime groups is 1. The molecule has 0 aliphatic heterocycles. The number of nitrogens with one attached hydrogen (secondary N) is 1. The molecular weight excluding hydrogens is 261 g/mol. The summed E-state index contributed by atoms with van der Waals surface area (Å²) < 4.78 is 39.2. The molecule has 1 rings (SSSR count). The Kier molecular flexibility index (Phi) is 4.25. The fourth-order valence-electron chi connectivity index (χ4n) is 1.31. The Morgan fingerprint density at radius 1 is 1.56 bits per heavy atom. The minimum atomic E-state index is -3.93. The number of nitrogens with zero attached hydrogens (tertiary/aromatic N) is 1. The first-order valence-corrected chi connectivity index (χ1v) is 6.52. The quantitative estimate of drug-likeness (QED) is 0.323. The van der Waals surface area contributed by atoms with E-state index in [9.17, 15) is 12.8 Å². The lowest BCUT2D eigenvalue weighted by Crippen LogP contribution is -2.42. The van der Waals surface area contributed by atoms with Crippen LogP contribution in [0.4, 0.5) is 4.39 Å². The first kappa shape index (κ1) is 14.4. The highest BCUT2D eigenvalue weighted by Gasteiger charge is 2.21. The van der Waals surface area contributed by atoms with E-state index in [1.54, 1.807) is 6.92 Å². The van der Waals surface area contributed by atoms with Crippen LogP contribution < -0.4 is 10.5 Å². The largest absolute Gasteiger partial charge is 0.409 e. The molecule has 0 saturated carbocycles. The van der Waals surface area contributed by atoms with Crippen molar-refractivity contribution in [1.82, 2.24) is 4.72 Å². The monoisotopic (exact) mass is 275 g/mol. The molecule has 100 valence electrons. The molecule has 4 N–H and O–H groups in total. The van der Waals surface area contributed by atoms with Crippen molar-refractivity contribution in [2.75, 3.05) is 0 Å². The second kappa shape index (κ2) is 5.32. The number of halogens is 1. The molecule has 0 fully saturated rings. The van der Waals surface area contributed by atoms with Crippen molar-refractivity contribution < 1.29 is 18.0 Å². The average molecular weight is 275 g/mol. The Labute approximate surface area is 104 Å². The van der Waals surface area contributed by atoms with E-state index in [4.69, 9.17) is 10.9 Å². The van der Waals surface area contributed by atoms with Crippen LogP contribution in [0.15, 0.2) is 28.3 Å². The van der Waals surface area contributed by atoms with E-state index in [2.05, 4.69) is 9.88 Å². The zero-order valence-electron chi connectivity index (χ0n) is 9.88. The summed E-state index contributed by atoms with van der Waals surface area (Å²) in [5.41, 5.74) is 5.67. The first-order valence-electron chi connectivity index (χ1n) is 5.04. The molecular formula is C10H14FN3O3S. The minimum Gasteiger partial charge on any atom is -0.409 e. The molecule has 0 saturated heterocycles. The Morgan fingerprint density at radius 3 is 2.72 bits per heavy atom. The fourth-order valence-corrected chi connectivity index (χ4v) is 2.78. The molecule has 1 atom stereocenters. The zero-order valence-corrected chi connectivity index (χ0v) is 10.7. The van der Waals surface area contributed by atoms with Crippen LogP contribution in [0.2, 0.25) is 0 Å². The lowest BCUT2D eigenvalue weighted by molar-refractivity contribution is 0.316. The third-order valence-electron chi connectivity index (χ3n) is 2.33. The Balaban J connectivity index is 3.11. The van der Waals surface area contributed by atoms with Gasteiger partial charge in [0.1, 0.15) is 5.82 Å². The van der Waals surface area contributed by atoms with Gasteiger partial charge in [-0.05, 0) is 31.5 Å². The summed E-state index contributed by atoms with van der Waals surface area (Å²) in [5.74, 6) is -0.940. The van der Waals surface area contributed by atoms with Crippen LogP contribution in [0.5, 0.6) is 0 Å². The van der Waals surface area contributed by atoms with E-state index in [0.717, 1.165) is 6.07 Å². The number of nitrogens with two attached hydrogens (primary N) is 1. The van der Waals surface area contributed by atoms with Crippen molar-refractivity contribution >= 4 is 15.9 Å². The predicted octanol–water partition coefficient (Wildman–Crippen LogP) is 0.547. The molecule has 6 nitrogen and oxygen atoms in total. The summed E-state index contributed by atoms with van der Waals surface area (Å²) >= 11 is 0. The second-order valence-electron chi connectivity index (χ2n) is 3.78. The standard InChI is InChI=1S/C10H14FN3O3S/c1-6-3-4-8(11)5-9(6)18(16,17)14-7(2)10(12)13-15/h3-5,7,14-15H,1-2H3,(H2,12,13). The van der Waals surface area contributed by atoms with Crippen LogP contribution in [0.3, 0.4) is 0 Å². The van der Waals surface area contributed by atoms with Gasteiger partial charge < -0.3 is 10.9 Å². The highest BCUT2D eigenvalue weighted by Crippen LogP contribution is 2.16. The number of amidine groups is 1. The molecule has 0 heterocycles. The third kappa shape index (κ3) is 3.17. The highest BCUT2D eigenvalue weighted by molar-refractivity contribution is 7.89. The van der Waals surface area contributed by atoms with Gasteiger partial charge in [0.15, 0.2) is 5.84 Å². The van der Waals surface area contributed by atoms with Crippen LogP contribution in [-0.4, -0.2) is 25.5 Å². The SMILES string of the molecule is Cc1ccc(F)cc1S(=O)(=O)NC(C)/C(N)=N/O. The van der Waals surface area contributed by atoms with Gasteiger partial charge in [0, 0.05) is 0 Å². The Hall–Kier alpha value is -1.67. The van der Waals surface area contributed by atoms with Crippen LogP contribution >= 0.6 is 0 Å². The molecule has 0 spiro atoms. The predicted molar refractivity (Wildman–Crippen MR) is 64.3 cm³/mol. The smallest absolute Gasteiger partial charge is 0.241 e. The molecule has 0 bridgehead atoms. The Bertz CT molecular complexity index is 572. The molecule has 1 aromatic rings. The third-order valence-corrected chi connectivity index (χ3v) is 4.01. The van der Waals surface area contributed by atoms with E-state index >= 15 is 0 Å². The Morgan fingerprint density at radius 2 is 2.17 bits per heavy atom. The number of sulfonamides is 1. The van der Waals surface area contributed by atoms with Crippen LogP contribution in [-0.2, 0) is 10.0 Å². The molecule has 8 heteroatoms. The van der Waals surface area contributed by atoms with Crippen molar-refractivity contribution in [2.45, 2.75) is 24.8 Å². The van der Waals surface area contributed by atoms with Crippen LogP contribution in [0.1, 0.15) is 12.5 Å². The van der Waals surface area contributed by atoms with Gasteiger partial charge in [-0.15, -0.1) is 0 Å². The molecule has 0 aromatic heterocycles. The van der Waals surface area contributed by atoms with Crippen LogP contribution in [0.25, 0.3) is 0 Å². The van der Waals surface area contributed by atoms with Gasteiger partial charge in [-0.2, -0.15) is 0 Å². The van der Waals surface area contributed by atoms with Gasteiger partial charge in [-0.3, -0.25) is 0 Å². The lowest BCUT2D eigenvalue weighted by Gasteiger charge is -2.14. The molecule has 0 aliphatic carbocycles. The molecule has 18 heavy (non-hydrogen) atoms. The maximum Gasteiger partial charge on any atom is 0.241 e. The van der Waals surface area contributed by atoms with Gasteiger partial charge in [0.2, 0.25) is 10.0 Å². The van der Waals surface area contributed by atoms with Crippen molar-refractivity contribution in [1.29, 1.82) is 0 Å². The summed E-state index contributed by atoms with van der Waals surface area (Å²) in [5, 5.41) is 11.1. The fraction of sp³-hybridized carbons (Fsp3) is 0.300. The summed E-state index contributed by atoms with van der Waals surface area (Å²) in [6.45, 7) is 2.95. The summed E-state index contributed by atoms with van der Waals surface area (Å²) in [7, 11) is -3.93. The van der Waals surface area contributed by atoms with Gasteiger partial charge in [0.05, 0.1) is 10.9 Å². The van der Waals surface area contributed by atoms with E-state index in [1.165, 1.54) is 19.1 Å². The first-order chi connectivity index (χ1) is 8.27. The van der Waals surface area contributed by atoms with Crippen molar-refractivity contribution in [3.05, 3.63) is 29.6 Å². The topological polar surface area (TPSA) is 105 Å². The van der Waals surface area contributed by atoms with Gasteiger partial charge in [-0.25, -0.2) is 17.5 Å². The van der Waals surface area contributed by atoms with Gasteiger partial charge in [-0.1, -0.05) is 11.2 Å². The normalized spacial score (nSPS) is 14.5. The summed E-state index contributed by atoms with van der Waals surface area (Å²) in [4.78, 5) is -0.180. The molecule has 0 radical (unpaired) electrons. The number of rotatable bonds is 4. The van der Waals surface area contributed by atoms with Crippen LogP contribution in [0, 0.1) is 12.7 Å². The molecule has 1 unspecified atom stereocenters. The van der Waals surface area contributed by atoms with Crippen molar-refractivity contribution in [2.24, 2.45) is 10.9 Å². The summed E-state index contributed by atoms with van der Waals surface area (Å²) in [6.07, 6.45) is 0. The van der Waals surface area contributed by atoms with E-state index in [0.29, 0.717) is 5.56 Å². The van der Waals surface area contributed by atoms with Crippen molar-refractivity contribution in [3.8, 4) is 0 Å². The number of aryl methyl sites for hydroxylation is 1. The van der Waals surface area contributed by atoms with E-state index < -0.39 is 21.9 Å². The van der Waals surface area contributed by atoms with E-state index in [-0.39, 0.29) is 10.7 Å². The van der Waals surface area contributed by atoms with Crippen molar-refractivity contribution in [3.63, 3.8) is 0 Å². The van der Waals surface area contributed by atoms with Gasteiger partial charge in [0.25, 0.3) is 0 Å². The maximum absolute atomic E-state index is 13.1. The zero-order chi connectivity index (χ0) is 13.9. The summed E-state index contributed by atoms with van der Waals surface area (Å²) in [6, 6.07) is 2.54. The minimum absolute atomic E-state index is 0.180. The second-order valence-corrected chi connectivity index (χ2v) is 5.46. The average Bonchev–Trinajstić information content (AvgIpc) is 2.30. The molecule has 0 amide bonds. The number of benzene rings is 1. The van der Waals surface area contributed by atoms with E-state index in [1.807, 2.05) is 0 Å². The molecule has 1 aromatic carbocycles. The molecule has 0 aliphatic rings. The maximum atomic E-state index is 13.1.